The van der Waals surface area contributed by atoms with Crippen LogP contribution in [-0.2, 0) is 19.1 Å². The first-order chi connectivity index (χ1) is 15.8. The van der Waals surface area contributed by atoms with Crippen molar-refractivity contribution in [3.8, 4) is 11.5 Å². The summed E-state index contributed by atoms with van der Waals surface area (Å²) in [5, 5.41) is 18.0. The van der Waals surface area contributed by atoms with Crippen molar-refractivity contribution >= 4 is 23.5 Å². The Morgan fingerprint density at radius 2 is 1.85 bits per heavy atom. The zero-order valence-corrected chi connectivity index (χ0v) is 18.6. The molecule has 3 rings (SSSR count). The molecule has 1 unspecified atom stereocenters. The van der Waals surface area contributed by atoms with Gasteiger partial charge in [0.15, 0.2) is 0 Å². The Labute approximate surface area is 192 Å². The van der Waals surface area contributed by atoms with Gasteiger partial charge in [-0.15, -0.1) is 0 Å². The number of cyclic esters (lactones) is 1. The maximum atomic E-state index is 12.7. The molecule has 0 saturated carbocycles. The van der Waals surface area contributed by atoms with Crippen molar-refractivity contribution in [3.63, 3.8) is 0 Å². The Balaban J connectivity index is 1.54. The van der Waals surface area contributed by atoms with Gasteiger partial charge >= 0.3 is 5.97 Å². The van der Waals surface area contributed by atoms with Gasteiger partial charge in [0.05, 0.1) is 13.0 Å². The van der Waals surface area contributed by atoms with Gasteiger partial charge in [0.1, 0.15) is 23.6 Å². The van der Waals surface area contributed by atoms with E-state index in [0.29, 0.717) is 23.6 Å². The largest absolute Gasteiger partial charge is 0.457 e. The molecule has 0 radical (unpaired) electrons. The predicted octanol–water partition coefficient (Wildman–Crippen LogP) is 2.17. The molecule has 1 aliphatic heterocycles. The highest BCUT2D eigenvalue weighted by molar-refractivity contribution is 5.89. The topological polar surface area (TPSA) is 126 Å². The average Bonchev–Trinajstić information content (AvgIpc) is 3.09. The standard InChI is InChI=1S/C24H29N3O6/c1-15(2)11-19(23(30)27-20-13-22(29)33-24(20)31)26-21(28)14-25-16-7-6-10-18(12-16)32-17-8-4-3-5-9-17/h3-10,12,15,19-20,24-25,31H,11,13-14H2,1-2H3,(H,26,28)(H,27,30)/t19-,20-,24?/m0/s1. The molecule has 1 aliphatic rings. The van der Waals surface area contributed by atoms with Crippen LogP contribution in [0.4, 0.5) is 5.69 Å². The lowest BCUT2D eigenvalue weighted by Gasteiger charge is -2.23. The molecule has 176 valence electrons. The van der Waals surface area contributed by atoms with Gasteiger partial charge in [0, 0.05) is 11.8 Å². The van der Waals surface area contributed by atoms with Crippen LogP contribution in [-0.4, -0.2) is 47.8 Å². The zero-order valence-electron chi connectivity index (χ0n) is 18.6. The molecule has 0 bridgehead atoms. The predicted molar refractivity (Wildman–Crippen MR) is 121 cm³/mol. The summed E-state index contributed by atoms with van der Waals surface area (Å²) in [6.07, 6.45) is -1.10. The molecule has 1 saturated heterocycles. The number of para-hydroxylation sites is 1. The van der Waals surface area contributed by atoms with Gasteiger partial charge < -0.3 is 30.5 Å². The second-order valence-electron chi connectivity index (χ2n) is 8.25. The van der Waals surface area contributed by atoms with Crippen LogP contribution in [0.5, 0.6) is 11.5 Å². The molecule has 0 aromatic heterocycles. The van der Waals surface area contributed by atoms with Crippen molar-refractivity contribution in [3.05, 3.63) is 54.6 Å². The third-order valence-electron chi connectivity index (χ3n) is 4.94. The van der Waals surface area contributed by atoms with E-state index in [1.165, 1.54) is 0 Å². The molecule has 9 nitrogen and oxygen atoms in total. The van der Waals surface area contributed by atoms with Crippen LogP contribution < -0.4 is 20.7 Å². The molecule has 1 fully saturated rings. The minimum Gasteiger partial charge on any atom is -0.457 e. The van der Waals surface area contributed by atoms with E-state index in [1.807, 2.05) is 62.4 Å². The molecule has 2 amide bonds. The molecule has 0 spiro atoms. The third-order valence-corrected chi connectivity index (χ3v) is 4.94. The van der Waals surface area contributed by atoms with E-state index in [0.717, 1.165) is 0 Å². The van der Waals surface area contributed by atoms with Crippen molar-refractivity contribution < 1.29 is 29.0 Å². The molecule has 2 aromatic rings. The molecule has 4 N–H and O–H groups in total. The maximum absolute atomic E-state index is 12.7. The molecule has 33 heavy (non-hydrogen) atoms. The lowest BCUT2D eigenvalue weighted by Crippen LogP contribution is -2.52. The fourth-order valence-electron chi connectivity index (χ4n) is 3.38. The smallest absolute Gasteiger partial charge is 0.310 e. The number of benzene rings is 2. The summed E-state index contributed by atoms with van der Waals surface area (Å²) in [5.74, 6) is 0.0271. The fraction of sp³-hybridized carbons (Fsp3) is 0.375. The van der Waals surface area contributed by atoms with Crippen LogP contribution >= 0.6 is 0 Å². The van der Waals surface area contributed by atoms with Crippen LogP contribution in [0.15, 0.2) is 54.6 Å². The van der Waals surface area contributed by atoms with E-state index in [1.54, 1.807) is 6.07 Å². The summed E-state index contributed by atoms with van der Waals surface area (Å²) in [4.78, 5) is 36.5. The lowest BCUT2D eigenvalue weighted by atomic mass is 10.0. The fourth-order valence-corrected chi connectivity index (χ4v) is 3.38. The van der Waals surface area contributed by atoms with Crippen LogP contribution in [0.3, 0.4) is 0 Å². The second kappa shape index (κ2) is 11.3. The summed E-state index contributed by atoms with van der Waals surface area (Å²) in [6.45, 7) is 3.81. The highest BCUT2D eigenvalue weighted by atomic mass is 16.6. The van der Waals surface area contributed by atoms with E-state index in [4.69, 9.17) is 4.74 Å². The number of carbonyl (C=O) groups excluding carboxylic acids is 3. The number of hydrogen-bond acceptors (Lipinski definition) is 7. The summed E-state index contributed by atoms with van der Waals surface area (Å²) < 4.78 is 10.4. The highest BCUT2D eigenvalue weighted by Gasteiger charge is 2.36. The average molecular weight is 456 g/mol. The number of esters is 1. The van der Waals surface area contributed by atoms with Gasteiger partial charge in [-0.2, -0.15) is 0 Å². The number of anilines is 1. The van der Waals surface area contributed by atoms with E-state index in [2.05, 4.69) is 20.7 Å². The minimum absolute atomic E-state index is 0.0513. The summed E-state index contributed by atoms with van der Waals surface area (Å²) in [6, 6.07) is 14.9. The number of aliphatic hydroxyl groups excluding tert-OH is 1. The Bertz CT molecular complexity index is 966. The normalized spacial score (nSPS) is 18.4. The SMILES string of the molecule is CC(C)C[C@H](NC(=O)CNc1cccc(Oc2ccccc2)c1)C(=O)N[C@H]1CC(=O)OC1O. The van der Waals surface area contributed by atoms with Crippen LogP contribution in [0.25, 0.3) is 0 Å². The van der Waals surface area contributed by atoms with E-state index in [-0.39, 0.29) is 24.8 Å². The van der Waals surface area contributed by atoms with Crippen LogP contribution in [0.1, 0.15) is 26.7 Å². The first kappa shape index (κ1) is 24.1. The molecular weight excluding hydrogens is 426 g/mol. The van der Waals surface area contributed by atoms with Crippen LogP contribution in [0, 0.1) is 5.92 Å². The van der Waals surface area contributed by atoms with E-state index in [9.17, 15) is 19.5 Å². The van der Waals surface area contributed by atoms with Gasteiger partial charge in [-0.25, -0.2) is 0 Å². The number of nitrogens with one attached hydrogen (secondary N) is 3. The maximum Gasteiger partial charge on any atom is 0.310 e. The Morgan fingerprint density at radius 3 is 2.52 bits per heavy atom. The van der Waals surface area contributed by atoms with Crippen molar-refractivity contribution in [2.75, 3.05) is 11.9 Å². The number of ether oxygens (including phenoxy) is 2. The van der Waals surface area contributed by atoms with Crippen molar-refractivity contribution in [1.82, 2.24) is 10.6 Å². The second-order valence-corrected chi connectivity index (χ2v) is 8.25. The monoisotopic (exact) mass is 455 g/mol. The Kier molecular flexibility index (Phi) is 8.26. The van der Waals surface area contributed by atoms with E-state index >= 15 is 0 Å². The summed E-state index contributed by atoms with van der Waals surface area (Å²) in [7, 11) is 0. The zero-order chi connectivity index (χ0) is 23.8. The minimum atomic E-state index is -1.39. The number of rotatable bonds is 10. The van der Waals surface area contributed by atoms with Gasteiger partial charge in [-0.05, 0) is 36.6 Å². The van der Waals surface area contributed by atoms with Crippen molar-refractivity contribution in [2.45, 2.75) is 45.1 Å². The summed E-state index contributed by atoms with van der Waals surface area (Å²) >= 11 is 0. The first-order valence-electron chi connectivity index (χ1n) is 10.8. The van der Waals surface area contributed by atoms with E-state index < -0.39 is 30.3 Å². The van der Waals surface area contributed by atoms with Gasteiger partial charge in [-0.3, -0.25) is 14.4 Å². The highest BCUT2D eigenvalue weighted by Crippen LogP contribution is 2.23. The quantitative estimate of drug-likeness (QED) is 0.405. The third kappa shape index (κ3) is 7.50. The summed E-state index contributed by atoms with van der Waals surface area (Å²) in [5.41, 5.74) is 0.688. The molecule has 1 heterocycles. The number of amides is 2. The Morgan fingerprint density at radius 1 is 1.12 bits per heavy atom. The Hall–Kier alpha value is -3.59. The van der Waals surface area contributed by atoms with Crippen molar-refractivity contribution in [2.24, 2.45) is 5.92 Å². The van der Waals surface area contributed by atoms with Gasteiger partial charge in [-0.1, -0.05) is 38.1 Å². The molecule has 2 aromatic carbocycles. The van der Waals surface area contributed by atoms with Gasteiger partial charge in [0.25, 0.3) is 0 Å². The first-order valence-corrected chi connectivity index (χ1v) is 10.8. The number of carbonyl (C=O) groups is 3. The molecular formula is C24H29N3O6. The molecule has 9 heteroatoms. The number of aliphatic hydroxyl groups is 1. The van der Waals surface area contributed by atoms with Crippen molar-refractivity contribution in [1.29, 1.82) is 0 Å². The molecule has 0 aliphatic carbocycles. The van der Waals surface area contributed by atoms with Crippen LogP contribution in [0.2, 0.25) is 0 Å². The lowest BCUT2D eigenvalue weighted by molar-refractivity contribution is -0.155. The number of hydrogen-bond donors (Lipinski definition) is 4. The van der Waals surface area contributed by atoms with Gasteiger partial charge in [0.2, 0.25) is 18.1 Å². The molecule has 3 atom stereocenters.